The van der Waals surface area contributed by atoms with Crippen LogP contribution in [0.1, 0.15) is 18.1 Å². The lowest BCUT2D eigenvalue weighted by Crippen LogP contribution is -2.53. The highest BCUT2D eigenvalue weighted by Crippen LogP contribution is 2.49. The topological polar surface area (TPSA) is 20.2 Å². The van der Waals surface area contributed by atoms with Crippen LogP contribution in [-0.4, -0.2) is 17.5 Å². The molecule has 0 aromatic heterocycles. The second-order valence-corrected chi connectivity index (χ2v) is 3.76. The Morgan fingerprint density at radius 2 is 1.28 bits per heavy atom. The highest BCUT2D eigenvalue weighted by molar-refractivity contribution is 5.30. The summed E-state index contributed by atoms with van der Waals surface area (Å²) in [7, 11) is 0. The fourth-order valence-electron chi connectivity index (χ4n) is 1.47. The monoisotopic (exact) mass is 272 g/mol. The van der Waals surface area contributed by atoms with E-state index in [2.05, 4.69) is 0 Å². The minimum Gasteiger partial charge on any atom is -0.369 e. The predicted octanol–water partition coefficient (Wildman–Crippen LogP) is 3.56. The average Bonchev–Trinajstić information content (AvgIpc) is 2.25. The molecule has 7 heteroatoms. The molecule has 0 saturated carbocycles. The molecule has 0 unspecified atom stereocenters. The van der Waals surface area contributed by atoms with Crippen LogP contribution in [0.2, 0.25) is 0 Å². The zero-order valence-electron chi connectivity index (χ0n) is 9.23. The minimum atomic E-state index is -5.83. The second kappa shape index (κ2) is 4.46. The molecule has 0 atom stereocenters. The zero-order valence-corrected chi connectivity index (χ0v) is 9.23. The fraction of sp³-hybridized carbons (Fsp3) is 0.455. The van der Waals surface area contributed by atoms with Crippen molar-refractivity contribution in [1.29, 1.82) is 0 Å². The van der Waals surface area contributed by atoms with Crippen molar-refractivity contribution in [3.05, 3.63) is 35.4 Å². The van der Waals surface area contributed by atoms with Crippen molar-refractivity contribution >= 4 is 0 Å². The van der Waals surface area contributed by atoms with Crippen LogP contribution >= 0.6 is 0 Å². The predicted molar refractivity (Wildman–Crippen MR) is 51.8 cm³/mol. The van der Waals surface area contributed by atoms with Crippen LogP contribution in [0.25, 0.3) is 0 Å². The van der Waals surface area contributed by atoms with Crippen molar-refractivity contribution in [1.82, 2.24) is 0 Å². The molecular weight excluding hydrogens is 262 g/mol. The van der Waals surface area contributed by atoms with Crippen LogP contribution < -0.4 is 0 Å². The molecule has 0 heterocycles. The van der Waals surface area contributed by atoms with Gasteiger partial charge in [0.15, 0.2) is 0 Å². The third-order valence-electron chi connectivity index (χ3n) is 2.60. The van der Waals surface area contributed by atoms with E-state index in [0.717, 1.165) is 12.1 Å². The van der Waals surface area contributed by atoms with Crippen molar-refractivity contribution in [2.45, 2.75) is 31.3 Å². The zero-order chi connectivity index (χ0) is 14.2. The van der Waals surface area contributed by atoms with Crippen molar-refractivity contribution < 1.29 is 31.4 Å². The SMILES string of the molecule is CCc1ccc(C(O)(C(F)(F)F)C(F)(F)F)cc1. The molecule has 0 saturated heterocycles. The van der Waals surface area contributed by atoms with E-state index in [0.29, 0.717) is 24.1 Å². The molecule has 1 rings (SSSR count). The maximum atomic E-state index is 12.5. The Morgan fingerprint density at radius 3 is 1.56 bits per heavy atom. The number of benzene rings is 1. The van der Waals surface area contributed by atoms with Crippen LogP contribution in [0, 0.1) is 0 Å². The third-order valence-corrected chi connectivity index (χ3v) is 2.60. The summed E-state index contributed by atoms with van der Waals surface area (Å²) in [5.74, 6) is 0. The lowest BCUT2D eigenvalue weighted by atomic mass is 9.91. The van der Waals surface area contributed by atoms with Crippen LogP contribution in [0.4, 0.5) is 26.3 Å². The van der Waals surface area contributed by atoms with E-state index in [-0.39, 0.29) is 0 Å². The molecule has 0 aliphatic rings. The molecule has 1 nitrogen and oxygen atoms in total. The molecule has 0 fully saturated rings. The number of alkyl halides is 6. The van der Waals surface area contributed by atoms with E-state index in [4.69, 9.17) is 5.11 Å². The van der Waals surface area contributed by atoms with Crippen LogP contribution in [-0.2, 0) is 12.0 Å². The molecule has 18 heavy (non-hydrogen) atoms. The number of rotatable bonds is 2. The van der Waals surface area contributed by atoms with Crippen molar-refractivity contribution in [2.24, 2.45) is 0 Å². The summed E-state index contributed by atoms with van der Waals surface area (Å²) in [6.45, 7) is 1.70. The number of halogens is 6. The largest absolute Gasteiger partial charge is 0.430 e. The molecule has 102 valence electrons. The standard InChI is InChI=1S/C11H10F6O/c1-2-7-3-5-8(6-4-7)9(18,10(12,13)14)11(15,16)17/h3-6,18H,2H2,1H3. The Hall–Kier alpha value is -1.24. The minimum absolute atomic E-state index is 0.469. The fourth-order valence-corrected chi connectivity index (χ4v) is 1.47. The van der Waals surface area contributed by atoms with Gasteiger partial charge >= 0.3 is 12.4 Å². The summed E-state index contributed by atoms with van der Waals surface area (Å²) in [6.07, 6.45) is -11.2. The van der Waals surface area contributed by atoms with Gasteiger partial charge < -0.3 is 5.11 Å². The van der Waals surface area contributed by atoms with E-state index >= 15 is 0 Å². The first-order chi connectivity index (χ1) is 8.04. The first kappa shape index (κ1) is 14.8. The molecule has 1 N–H and O–H groups in total. The van der Waals surface area contributed by atoms with Gasteiger partial charge in [0.05, 0.1) is 0 Å². The van der Waals surface area contributed by atoms with Gasteiger partial charge in [0.1, 0.15) is 0 Å². The molecule has 0 amide bonds. The Kier molecular flexibility index (Phi) is 3.67. The quantitative estimate of drug-likeness (QED) is 0.816. The number of hydrogen-bond donors (Lipinski definition) is 1. The molecule has 0 aliphatic carbocycles. The number of aliphatic hydroxyl groups is 1. The summed E-state index contributed by atoms with van der Waals surface area (Å²) in [5.41, 5.74) is -5.50. The van der Waals surface area contributed by atoms with Crippen molar-refractivity contribution in [3.63, 3.8) is 0 Å². The Balaban J connectivity index is 3.36. The van der Waals surface area contributed by atoms with Gasteiger partial charge in [-0.15, -0.1) is 0 Å². The van der Waals surface area contributed by atoms with Crippen LogP contribution in [0.5, 0.6) is 0 Å². The van der Waals surface area contributed by atoms with Gasteiger partial charge in [-0.2, -0.15) is 26.3 Å². The second-order valence-electron chi connectivity index (χ2n) is 3.76. The smallest absolute Gasteiger partial charge is 0.369 e. The lowest BCUT2D eigenvalue weighted by Gasteiger charge is -2.32. The van der Waals surface area contributed by atoms with E-state index in [1.807, 2.05) is 0 Å². The van der Waals surface area contributed by atoms with Gasteiger partial charge in [-0.05, 0) is 12.0 Å². The molecule has 0 bridgehead atoms. The van der Waals surface area contributed by atoms with Crippen LogP contribution in [0.3, 0.4) is 0 Å². The maximum Gasteiger partial charge on any atom is 0.430 e. The van der Waals surface area contributed by atoms with Gasteiger partial charge in [0.25, 0.3) is 5.60 Å². The van der Waals surface area contributed by atoms with Gasteiger partial charge in [-0.1, -0.05) is 31.2 Å². The van der Waals surface area contributed by atoms with Gasteiger partial charge in [0.2, 0.25) is 0 Å². The number of hydrogen-bond acceptors (Lipinski definition) is 1. The summed E-state index contributed by atoms with van der Waals surface area (Å²) in [5, 5.41) is 9.07. The third kappa shape index (κ3) is 2.31. The number of aryl methyl sites for hydroxylation is 1. The first-order valence-corrected chi connectivity index (χ1v) is 4.99. The summed E-state index contributed by atoms with van der Waals surface area (Å²) in [4.78, 5) is 0. The molecular formula is C11H10F6O. The molecule has 0 spiro atoms. The Bertz CT molecular complexity index is 389. The summed E-state index contributed by atoms with van der Waals surface area (Å²) in [6, 6.07) is 3.52. The molecule has 1 aromatic rings. The van der Waals surface area contributed by atoms with E-state index in [1.54, 1.807) is 6.92 Å². The van der Waals surface area contributed by atoms with E-state index in [9.17, 15) is 26.3 Å². The molecule has 0 aliphatic heterocycles. The van der Waals surface area contributed by atoms with E-state index < -0.39 is 23.5 Å². The Labute approximate surface area is 99.0 Å². The van der Waals surface area contributed by atoms with Gasteiger partial charge in [-0.3, -0.25) is 0 Å². The maximum absolute atomic E-state index is 12.5. The average molecular weight is 272 g/mol. The van der Waals surface area contributed by atoms with Crippen molar-refractivity contribution in [3.8, 4) is 0 Å². The molecule has 0 radical (unpaired) electrons. The van der Waals surface area contributed by atoms with Crippen molar-refractivity contribution in [2.75, 3.05) is 0 Å². The van der Waals surface area contributed by atoms with Gasteiger partial charge in [-0.25, -0.2) is 0 Å². The first-order valence-electron chi connectivity index (χ1n) is 4.99. The summed E-state index contributed by atoms with van der Waals surface area (Å²) < 4.78 is 75.0. The van der Waals surface area contributed by atoms with Gasteiger partial charge in [0, 0.05) is 5.56 Å². The lowest BCUT2D eigenvalue weighted by molar-refractivity contribution is -0.376. The van der Waals surface area contributed by atoms with E-state index in [1.165, 1.54) is 0 Å². The molecule has 1 aromatic carbocycles. The normalized spacial score (nSPS) is 13.8. The summed E-state index contributed by atoms with van der Waals surface area (Å²) >= 11 is 0. The Morgan fingerprint density at radius 1 is 0.889 bits per heavy atom. The highest BCUT2D eigenvalue weighted by Gasteiger charge is 2.71. The highest BCUT2D eigenvalue weighted by atomic mass is 19.4. The van der Waals surface area contributed by atoms with Crippen LogP contribution in [0.15, 0.2) is 24.3 Å².